The number of nitrogens with zero attached hydrogens (tertiary/aromatic N) is 4. The number of aromatic amines is 1. The molecule has 5 aromatic rings. The van der Waals surface area contributed by atoms with Gasteiger partial charge in [0.15, 0.2) is 5.82 Å². The Morgan fingerprint density at radius 2 is 1.92 bits per heavy atom. The lowest BCUT2D eigenvalue weighted by Crippen LogP contribution is -2.03. The Morgan fingerprint density at radius 3 is 2.72 bits per heavy atom. The number of hydrogen-bond donors (Lipinski definition) is 1. The van der Waals surface area contributed by atoms with Gasteiger partial charge in [-0.15, -0.1) is 0 Å². The highest BCUT2D eigenvalue weighted by Crippen LogP contribution is 2.41. The van der Waals surface area contributed by atoms with Crippen molar-refractivity contribution >= 4 is 22.2 Å². The molecular formula is C28H25N5O3. The lowest BCUT2D eigenvalue weighted by Gasteiger charge is -2.16. The van der Waals surface area contributed by atoms with E-state index in [1.807, 2.05) is 44.2 Å². The van der Waals surface area contributed by atoms with Crippen LogP contribution in [-0.2, 0) is 13.0 Å². The largest absolute Gasteiger partial charge is 0.487 e. The zero-order valence-corrected chi connectivity index (χ0v) is 20.3. The second-order valence-corrected chi connectivity index (χ2v) is 8.96. The van der Waals surface area contributed by atoms with Gasteiger partial charge in [0.1, 0.15) is 18.2 Å². The van der Waals surface area contributed by atoms with Crippen molar-refractivity contribution in [1.82, 2.24) is 24.7 Å². The summed E-state index contributed by atoms with van der Waals surface area (Å²) in [5.74, 6) is 1.52. The Kier molecular flexibility index (Phi) is 5.29. The van der Waals surface area contributed by atoms with Gasteiger partial charge in [-0.2, -0.15) is 0 Å². The molecular weight excluding hydrogens is 454 g/mol. The molecule has 6 rings (SSSR count). The molecule has 0 radical (unpaired) electrons. The number of fused-ring (bicyclic) bond motifs is 3. The predicted octanol–water partition coefficient (Wildman–Crippen LogP) is 5.23. The second-order valence-electron chi connectivity index (χ2n) is 8.96. The Balaban J connectivity index is 1.58. The van der Waals surface area contributed by atoms with Gasteiger partial charge >= 0.3 is 5.76 Å². The molecule has 0 atom stereocenters. The van der Waals surface area contributed by atoms with Gasteiger partial charge in [-0.1, -0.05) is 30.3 Å². The minimum Gasteiger partial charge on any atom is -0.487 e. The summed E-state index contributed by atoms with van der Waals surface area (Å²) in [6.07, 6.45) is 1.86. The van der Waals surface area contributed by atoms with Crippen molar-refractivity contribution in [2.45, 2.75) is 40.2 Å². The normalized spacial score (nSPS) is 14.2. The highest BCUT2D eigenvalue weighted by Gasteiger charge is 2.25. The van der Waals surface area contributed by atoms with Crippen molar-refractivity contribution in [1.29, 1.82) is 0 Å². The van der Waals surface area contributed by atoms with Crippen molar-refractivity contribution in [2.24, 2.45) is 0 Å². The van der Waals surface area contributed by atoms with Crippen molar-refractivity contribution < 1.29 is 9.26 Å². The first-order chi connectivity index (χ1) is 17.5. The topological polar surface area (TPSA) is 98.8 Å². The standard InChI is InChI=1S/C28H25N5O3/c1-4-7-25-30-21-8-5-6-9-23(21)33(25)18-11-13-20-24(14-18)35-15-22-19(12-10-16(2)29-22)26(20)17(3)27-31-28(34)36-32-27/h5-6,8-14H,4,7,15H2,1-3H3,(H,31,32,34)/b26-17+. The smallest absolute Gasteiger partial charge is 0.439 e. The first-order valence-corrected chi connectivity index (χ1v) is 12.0. The molecule has 36 heavy (non-hydrogen) atoms. The van der Waals surface area contributed by atoms with E-state index in [2.05, 4.69) is 45.9 Å². The van der Waals surface area contributed by atoms with E-state index in [0.717, 1.165) is 74.8 Å². The maximum absolute atomic E-state index is 11.7. The fourth-order valence-corrected chi connectivity index (χ4v) is 4.88. The SMILES string of the molecule is CCCc1nc2ccccc2n1-c1ccc2c(c1)OCc1nc(C)ccc1/C2=C(/C)c1noc(=O)[nH]1. The number of allylic oxidation sites excluding steroid dienone is 1. The molecule has 0 fully saturated rings. The minimum absolute atomic E-state index is 0.325. The van der Waals surface area contributed by atoms with Crippen LogP contribution in [0.25, 0.3) is 27.9 Å². The minimum atomic E-state index is -0.594. The van der Waals surface area contributed by atoms with Crippen LogP contribution in [0.1, 0.15) is 54.4 Å². The Labute approximate surface area is 207 Å². The summed E-state index contributed by atoms with van der Waals surface area (Å²) >= 11 is 0. The lowest BCUT2D eigenvalue weighted by molar-refractivity contribution is 0.302. The number of hydrogen-bond acceptors (Lipinski definition) is 6. The Hall–Kier alpha value is -4.46. The molecule has 1 N–H and O–H groups in total. The summed E-state index contributed by atoms with van der Waals surface area (Å²) in [4.78, 5) is 24.0. The van der Waals surface area contributed by atoms with Crippen molar-refractivity contribution in [3.63, 3.8) is 0 Å². The number of ether oxygens (including phenoxy) is 1. The molecule has 180 valence electrons. The molecule has 4 heterocycles. The highest BCUT2D eigenvalue weighted by atomic mass is 16.5. The van der Waals surface area contributed by atoms with Crippen LogP contribution in [0, 0.1) is 6.92 Å². The third kappa shape index (κ3) is 3.62. The number of aromatic nitrogens is 5. The van der Waals surface area contributed by atoms with E-state index in [1.54, 1.807) is 0 Å². The molecule has 0 amide bonds. The van der Waals surface area contributed by atoms with E-state index in [9.17, 15) is 4.79 Å². The molecule has 0 unspecified atom stereocenters. The molecule has 0 aliphatic carbocycles. The van der Waals surface area contributed by atoms with Crippen LogP contribution in [0.15, 0.2) is 63.9 Å². The van der Waals surface area contributed by atoms with Gasteiger partial charge in [0, 0.05) is 40.5 Å². The monoisotopic (exact) mass is 479 g/mol. The Bertz CT molecular complexity index is 1710. The molecule has 0 bridgehead atoms. The number of H-pyrrole nitrogens is 1. The zero-order valence-electron chi connectivity index (χ0n) is 20.3. The number of aryl methyl sites for hydroxylation is 2. The first kappa shape index (κ1) is 22.0. The maximum Gasteiger partial charge on any atom is 0.439 e. The number of benzene rings is 2. The molecule has 1 aliphatic rings. The van der Waals surface area contributed by atoms with Crippen LogP contribution < -0.4 is 10.5 Å². The van der Waals surface area contributed by atoms with Crippen molar-refractivity contribution in [3.8, 4) is 11.4 Å². The zero-order chi connectivity index (χ0) is 24.8. The lowest BCUT2D eigenvalue weighted by atomic mass is 9.92. The predicted molar refractivity (Wildman–Crippen MR) is 137 cm³/mol. The van der Waals surface area contributed by atoms with E-state index < -0.39 is 5.76 Å². The average molecular weight is 480 g/mol. The number of pyridine rings is 1. The van der Waals surface area contributed by atoms with Crippen molar-refractivity contribution in [3.05, 3.63) is 99.3 Å². The average Bonchev–Trinajstić information content (AvgIpc) is 3.43. The molecule has 2 aromatic carbocycles. The van der Waals surface area contributed by atoms with Gasteiger partial charge in [-0.3, -0.25) is 19.1 Å². The quantitative estimate of drug-likeness (QED) is 0.379. The van der Waals surface area contributed by atoms with Crippen LogP contribution in [0.5, 0.6) is 5.75 Å². The van der Waals surface area contributed by atoms with Gasteiger partial charge in [0.05, 0.1) is 22.4 Å². The molecule has 8 nitrogen and oxygen atoms in total. The summed E-state index contributed by atoms with van der Waals surface area (Å²) < 4.78 is 13.4. The molecule has 0 saturated heterocycles. The van der Waals surface area contributed by atoms with Crippen LogP contribution in [0.4, 0.5) is 0 Å². The molecule has 0 saturated carbocycles. The summed E-state index contributed by atoms with van der Waals surface area (Å²) in [6.45, 7) is 6.36. The van der Waals surface area contributed by atoms with Crippen LogP contribution in [-0.4, -0.2) is 24.7 Å². The van der Waals surface area contributed by atoms with E-state index in [4.69, 9.17) is 19.2 Å². The summed E-state index contributed by atoms with van der Waals surface area (Å²) in [5.41, 5.74) is 8.24. The molecule has 8 heteroatoms. The van der Waals surface area contributed by atoms with Crippen LogP contribution in [0.2, 0.25) is 0 Å². The number of nitrogens with one attached hydrogen (secondary N) is 1. The number of imidazole rings is 1. The van der Waals surface area contributed by atoms with Gasteiger partial charge < -0.3 is 4.74 Å². The van der Waals surface area contributed by atoms with E-state index >= 15 is 0 Å². The van der Waals surface area contributed by atoms with Crippen molar-refractivity contribution in [2.75, 3.05) is 0 Å². The third-order valence-electron chi connectivity index (χ3n) is 6.51. The first-order valence-electron chi connectivity index (χ1n) is 12.0. The van der Waals surface area contributed by atoms with Gasteiger partial charge in [0.2, 0.25) is 0 Å². The van der Waals surface area contributed by atoms with Gasteiger partial charge in [0.25, 0.3) is 0 Å². The van der Waals surface area contributed by atoms with E-state index in [0.29, 0.717) is 12.4 Å². The second kappa shape index (κ2) is 8.64. The number of para-hydroxylation sites is 2. The van der Waals surface area contributed by atoms with Gasteiger partial charge in [-0.25, -0.2) is 9.78 Å². The highest BCUT2D eigenvalue weighted by molar-refractivity contribution is 5.99. The Morgan fingerprint density at radius 1 is 1.08 bits per heavy atom. The maximum atomic E-state index is 11.7. The van der Waals surface area contributed by atoms with E-state index in [-0.39, 0.29) is 0 Å². The fraction of sp³-hybridized carbons (Fsp3) is 0.214. The van der Waals surface area contributed by atoms with Gasteiger partial charge in [-0.05, 0) is 50.6 Å². The molecule has 0 spiro atoms. The third-order valence-corrected chi connectivity index (χ3v) is 6.51. The van der Waals surface area contributed by atoms with Crippen LogP contribution >= 0.6 is 0 Å². The summed E-state index contributed by atoms with van der Waals surface area (Å²) in [7, 11) is 0. The number of rotatable bonds is 4. The summed E-state index contributed by atoms with van der Waals surface area (Å²) in [5, 5.41) is 3.93. The fourth-order valence-electron chi connectivity index (χ4n) is 4.88. The molecule has 1 aliphatic heterocycles. The molecule has 3 aromatic heterocycles. The summed E-state index contributed by atoms with van der Waals surface area (Å²) in [6, 6.07) is 18.4. The van der Waals surface area contributed by atoms with E-state index in [1.165, 1.54) is 0 Å². The van der Waals surface area contributed by atoms with Crippen LogP contribution in [0.3, 0.4) is 0 Å².